The molecule has 0 unspecified atom stereocenters. The Balaban J connectivity index is 1.05. The molecule has 11 aromatic rings. The van der Waals surface area contributed by atoms with Crippen LogP contribution in [0.1, 0.15) is 0 Å². The van der Waals surface area contributed by atoms with Crippen molar-refractivity contribution in [1.82, 2.24) is 19.5 Å². The van der Waals surface area contributed by atoms with Gasteiger partial charge in [0, 0.05) is 49.5 Å². The van der Waals surface area contributed by atoms with E-state index in [-0.39, 0.29) is 0 Å². The summed E-state index contributed by atoms with van der Waals surface area (Å²) < 4.78 is 8.93. The van der Waals surface area contributed by atoms with E-state index < -0.39 is 0 Å². The van der Waals surface area contributed by atoms with E-state index in [0.29, 0.717) is 17.5 Å². The smallest absolute Gasteiger partial charge is 0.164 e. The summed E-state index contributed by atoms with van der Waals surface area (Å²) in [6, 6.07) is 67.6. The molecule has 0 aliphatic rings. The SMILES string of the molecule is c1ccc(-c2nc(-c3ccccc3)nc(-c3ccc4c(c3)oc3ccc(-c5ccccc5-c5cccc6c7ccccc7n(-c7ccccc7)c56)cc34)n2)cc1. The molecule has 0 radical (unpaired) electrons. The third-order valence-corrected chi connectivity index (χ3v) is 10.7. The second kappa shape index (κ2) is 13.0. The van der Waals surface area contributed by atoms with Crippen LogP contribution >= 0.6 is 0 Å². The Labute approximate surface area is 322 Å². The Morgan fingerprint density at radius 1 is 0.339 bits per heavy atom. The number of aromatic nitrogens is 4. The minimum absolute atomic E-state index is 0.594. The zero-order valence-electron chi connectivity index (χ0n) is 30.2. The quantitative estimate of drug-likeness (QED) is 0.172. The van der Waals surface area contributed by atoms with E-state index in [1.54, 1.807) is 0 Å². The van der Waals surface area contributed by atoms with E-state index in [9.17, 15) is 0 Å². The number of hydrogen-bond donors (Lipinski definition) is 0. The van der Waals surface area contributed by atoms with E-state index in [2.05, 4.69) is 132 Å². The highest BCUT2D eigenvalue weighted by Crippen LogP contribution is 2.42. The van der Waals surface area contributed by atoms with Gasteiger partial charge in [-0.15, -0.1) is 0 Å². The van der Waals surface area contributed by atoms with Crippen molar-refractivity contribution in [3.63, 3.8) is 0 Å². The Hall–Kier alpha value is -7.63. The molecule has 5 nitrogen and oxygen atoms in total. The summed E-state index contributed by atoms with van der Waals surface area (Å²) in [5.74, 6) is 1.85. The number of furan rings is 1. The van der Waals surface area contributed by atoms with Crippen LogP contribution in [0.3, 0.4) is 0 Å². The standard InChI is InChI=1S/C51H32N4O/c1-4-15-33(16-5-1)49-52-50(34-17-6-2-7-18-34)54-51(53-49)36-27-29-41-44-31-35(28-30-46(44)56-47(41)32-36)38-21-10-11-22-39(38)42-24-14-25-43-40-23-12-13-26-45(40)55(48(42)43)37-19-8-3-9-20-37/h1-32H. The first-order valence-corrected chi connectivity index (χ1v) is 18.8. The van der Waals surface area contributed by atoms with Gasteiger partial charge in [0.2, 0.25) is 0 Å². The first-order chi connectivity index (χ1) is 27.8. The van der Waals surface area contributed by atoms with Crippen LogP contribution in [0.15, 0.2) is 199 Å². The van der Waals surface area contributed by atoms with Crippen molar-refractivity contribution < 1.29 is 4.42 Å². The average molecular weight is 717 g/mol. The fraction of sp³-hybridized carbons (Fsp3) is 0. The van der Waals surface area contributed by atoms with Crippen molar-refractivity contribution in [2.45, 2.75) is 0 Å². The van der Waals surface area contributed by atoms with Crippen LogP contribution in [0.25, 0.3) is 106 Å². The van der Waals surface area contributed by atoms with Gasteiger partial charge < -0.3 is 8.98 Å². The second-order valence-electron chi connectivity index (χ2n) is 14.0. The monoisotopic (exact) mass is 716 g/mol. The molecular formula is C51H32N4O. The average Bonchev–Trinajstić information content (AvgIpc) is 3.82. The molecule has 0 atom stereocenters. The third kappa shape index (κ3) is 5.29. The molecule has 0 bridgehead atoms. The summed E-state index contributed by atoms with van der Waals surface area (Å²) in [5, 5.41) is 4.56. The Morgan fingerprint density at radius 3 is 1.64 bits per heavy atom. The molecule has 0 saturated carbocycles. The van der Waals surface area contributed by atoms with Crippen molar-refractivity contribution in [2.24, 2.45) is 0 Å². The molecule has 56 heavy (non-hydrogen) atoms. The topological polar surface area (TPSA) is 56.7 Å². The van der Waals surface area contributed by atoms with Gasteiger partial charge in [-0.1, -0.05) is 152 Å². The molecule has 3 aromatic heterocycles. The van der Waals surface area contributed by atoms with Gasteiger partial charge in [-0.2, -0.15) is 0 Å². The molecule has 0 amide bonds. The molecule has 0 saturated heterocycles. The van der Waals surface area contributed by atoms with Gasteiger partial charge >= 0.3 is 0 Å². The van der Waals surface area contributed by atoms with Gasteiger partial charge in [0.15, 0.2) is 17.5 Å². The minimum Gasteiger partial charge on any atom is -0.456 e. The summed E-state index contributed by atoms with van der Waals surface area (Å²) in [7, 11) is 0. The van der Waals surface area contributed by atoms with E-state index in [1.165, 1.54) is 32.9 Å². The normalized spacial score (nSPS) is 11.6. The first-order valence-electron chi connectivity index (χ1n) is 18.8. The maximum absolute atomic E-state index is 6.53. The molecule has 0 aliphatic carbocycles. The van der Waals surface area contributed by atoms with Crippen LogP contribution in [0.5, 0.6) is 0 Å². The summed E-state index contributed by atoms with van der Waals surface area (Å²) in [6.45, 7) is 0. The van der Waals surface area contributed by atoms with Crippen molar-refractivity contribution in [3.8, 4) is 62.1 Å². The number of para-hydroxylation sites is 3. The molecule has 262 valence electrons. The highest BCUT2D eigenvalue weighted by atomic mass is 16.3. The second-order valence-corrected chi connectivity index (χ2v) is 14.0. The van der Waals surface area contributed by atoms with E-state index in [1.807, 2.05) is 66.7 Å². The summed E-state index contributed by atoms with van der Waals surface area (Å²) >= 11 is 0. The summed E-state index contributed by atoms with van der Waals surface area (Å²) in [5.41, 5.74) is 12.5. The van der Waals surface area contributed by atoms with E-state index in [0.717, 1.165) is 55.4 Å². The molecule has 0 aliphatic heterocycles. The maximum Gasteiger partial charge on any atom is 0.164 e. The number of hydrogen-bond acceptors (Lipinski definition) is 4. The minimum atomic E-state index is 0.594. The molecule has 5 heteroatoms. The highest BCUT2D eigenvalue weighted by Gasteiger charge is 2.20. The summed E-state index contributed by atoms with van der Waals surface area (Å²) in [6.07, 6.45) is 0. The predicted molar refractivity (Wildman–Crippen MR) is 229 cm³/mol. The molecule has 3 heterocycles. The van der Waals surface area contributed by atoms with Crippen molar-refractivity contribution >= 4 is 43.7 Å². The van der Waals surface area contributed by atoms with Crippen molar-refractivity contribution in [3.05, 3.63) is 194 Å². The lowest BCUT2D eigenvalue weighted by molar-refractivity contribution is 0.669. The van der Waals surface area contributed by atoms with Crippen LogP contribution in [-0.2, 0) is 0 Å². The molecule has 8 aromatic carbocycles. The fourth-order valence-corrected chi connectivity index (χ4v) is 8.07. The van der Waals surface area contributed by atoms with Crippen LogP contribution in [0.4, 0.5) is 0 Å². The molecule has 11 rings (SSSR count). The van der Waals surface area contributed by atoms with Gasteiger partial charge in [-0.3, -0.25) is 0 Å². The molecule has 0 N–H and O–H groups in total. The molecule has 0 fully saturated rings. The highest BCUT2D eigenvalue weighted by molar-refractivity contribution is 6.15. The van der Waals surface area contributed by atoms with Crippen molar-refractivity contribution in [1.29, 1.82) is 0 Å². The number of fused-ring (bicyclic) bond motifs is 6. The molecular weight excluding hydrogens is 685 g/mol. The Kier molecular flexibility index (Phi) is 7.42. The van der Waals surface area contributed by atoms with Gasteiger partial charge in [-0.05, 0) is 59.2 Å². The zero-order chi connectivity index (χ0) is 37.0. The van der Waals surface area contributed by atoms with Gasteiger partial charge in [0.25, 0.3) is 0 Å². The summed E-state index contributed by atoms with van der Waals surface area (Å²) in [4.78, 5) is 14.8. The third-order valence-electron chi connectivity index (χ3n) is 10.7. The van der Waals surface area contributed by atoms with Crippen LogP contribution in [0.2, 0.25) is 0 Å². The fourth-order valence-electron chi connectivity index (χ4n) is 8.07. The predicted octanol–water partition coefficient (Wildman–Crippen LogP) is 13.2. The first kappa shape index (κ1) is 31.9. The van der Waals surface area contributed by atoms with Crippen LogP contribution < -0.4 is 0 Å². The number of nitrogens with zero attached hydrogens (tertiary/aromatic N) is 4. The lowest BCUT2D eigenvalue weighted by Crippen LogP contribution is -2.00. The lowest BCUT2D eigenvalue weighted by Gasteiger charge is -2.15. The van der Waals surface area contributed by atoms with Crippen LogP contribution in [0, 0.1) is 0 Å². The largest absolute Gasteiger partial charge is 0.456 e. The van der Waals surface area contributed by atoms with Crippen molar-refractivity contribution in [2.75, 3.05) is 0 Å². The Morgan fingerprint density at radius 2 is 0.911 bits per heavy atom. The van der Waals surface area contributed by atoms with E-state index >= 15 is 0 Å². The number of rotatable bonds is 6. The Bertz CT molecular complexity index is 3180. The van der Waals surface area contributed by atoms with Crippen LogP contribution in [-0.4, -0.2) is 19.5 Å². The van der Waals surface area contributed by atoms with E-state index in [4.69, 9.17) is 19.4 Å². The van der Waals surface area contributed by atoms with Gasteiger partial charge in [0.1, 0.15) is 11.2 Å². The molecule has 0 spiro atoms. The maximum atomic E-state index is 6.53. The lowest BCUT2D eigenvalue weighted by atomic mass is 9.92. The zero-order valence-corrected chi connectivity index (χ0v) is 30.2. The van der Waals surface area contributed by atoms with Gasteiger partial charge in [0.05, 0.1) is 11.0 Å². The van der Waals surface area contributed by atoms with Gasteiger partial charge in [-0.25, -0.2) is 15.0 Å². The number of benzene rings is 8.